The highest BCUT2D eigenvalue weighted by Crippen LogP contribution is 2.26. The van der Waals surface area contributed by atoms with Gasteiger partial charge in [0.1, 0.15) is 0 Å². The predicted molar refractivity (Wildman–Crippen MR) is 74.6 cm³/mol. The number of rotatable bonds is 5. The molecule has 5 nitrogen and oxygen atoms in total. The molecule has 1 aliphatic heterocycles. The van der Waals surface area contributed by atoms with Gasteiger partial charge in [0, 0.05) is 24.7 Å². The van der Waals surface area contributed by atoms with Crippen LogP contribution in [-0.2, 0) is 6.54 Å². The number of hydrogen-bond acceptors (Lipinski definition) is 5. The Kier molecular flexibility index (Phi) is 4.58. The fourth-order valence-corrected chi connectivity index (χ4v) is 3.01. The first-order valence-corrected chi connectivity index (χ1v) is 7.34. The fourth-order valence-electron chi connectivity index (χ4n) is 3.01. The van der Waals surface area contributed by atoms with Crippen molar-refractivity contribution in [1.82, 2.24) is 20.4 Å². The highest BCUT2D eigenvalue weighted by Gasteiger charge is 2.38. The van der Waals surface area contributed by atoms with Gasteiger partial charge in [0.05, 0.1) is 6.54 Å². The summed E-state index contributed by atoms with van der Waals surface area (Å²) >= 11 is 0. The summed E-state index contributed by atoms with van der Waals surface area (Å²) in [5.74, 6) is 1.40. The molecule has 1 aliphatic rings. The molecule has 1 unspecified atom stereocenters. The smallest absolute Gasteiger partial charge is 0.213 e. The van der Waals surface area contributed by atoms with Crippen LogP contribution >= 0.6 is 0 Å². The minimum absolute atomic E-state index is 0.231. The molecule has 2 rings (SSSR count). The van der Waals surface area contributed by atoms with Gasteiger partial charge in [-0.15, -0.1) is 0 Å². The molecule has 0 saturated carbocycles. The Hall–Kier alpha value is -0.940. The second-order valence-corrected chi connectivity index (χ2v) is 5.93. The number of nitrogens with zero attached hydrogens (tertiary/aromatic N) is 3. The lowest BCUT2D eigenvalue weighted by molar-refractivity contribution is 0.0419. The van der Waals surface area contributed by atoms with E-state index in [-0.39, 0.29) is 5.54 Å². The standard InChI is InChI=1S/C14H26N4O/c1-5-14(6-2)9-18(8-13-15-10-19-17-13)12(7-16-14)11(3)4/h10-12,16H,5-9H2,1-4H3. The third-order valence-electron chi connectivity index (χ3n) is 4.54. The SMILES string of the molecule is CCC1(CC)CN(Cc2ncon2)C(C(C)C)CN1. The average Bonchev–Trinajstić information content (AvgIpc) is 2.91. The van der Waals surface area contributed by atoms with Gasteiger partial charge in [0.2, 0.25) is 6.39 Å². The first-order chi connectivity index (χ1) is 9.10. The predicted octanol–water partition coefficient (Wildman–Crippen LogP) is 2.06. The number of nitrogens with one attached hydrogen (secondary N) is 1. The van der Waals surface area contributed by atoms with E-state index in [2.05, 4.69) is 48.1 Å². The van der Waals surface area contributed by atoms with Crippen molar-refractivity contribution < 1.29 is 4.52 Å². The summed E-state index contributed by atoms with van der Waals surface area (Å²) in [4.78, 5) is 6.68. The van der Waals surface area contributed by atoms with Gasteiger partial charge in [0.15, 0.2) is 5.82 Å². The van der Waals surface area contributed by atoms with Crippen molar-refractivity contribution in [3.63, 3.8) is 0 Å². The van der Waals surface area contributed by atoms with Crippen molar-refractivity contribution in [3.05, 3.63) is 12.2 Å². The molecule has 2 heterocycles. The molecule has 0 aliphatic carbocycles. The fraction of sp³-hybridized carbons (Fsp3) is 0.857. The van der Waals surface area contributed by atoms with Crippen molar-refractivity contribution in [3.8, 4) is 0 Å². The van der Waals surface area contributed by atoms with Crippen molar-refractivity contribution in [2.24, 2.45) is 5.92 Å². The van der Waals surface area contributed by atoms with E-state index in [4.69, 9.17) is 4.52 Å². The van der Waals surface area contributed by atoms with E-state index < -0.39 is 0 Å². The van der Waals surface area contributed by atoms with Crippen LogP contribution in [0, 0.1) is 5.92 Å². The number of hydrogen-bond donors (Lipinski definition) is 1. The molecule has 1 atom stereocenters. The van der Waals surface area contributed by atoms with Gasteiger partial charge in [0.25, 0.3) is 0 Å². The van der Waals surface area contributed by atoms with Crippen LogP contribution in [0.15, 0.2) is 10.9 Å². The van der Waals surface area contributed by atoms with Gasteiger partial charge in [-0.3, -0.25) is 4.90 Å². The number of piperazine rings is 1. The van der Waals surface area contributed by atoms with Crippen LogP contribution in [0.2, 0.25) is 0 Å². The van der Waals surface area contributed by atoms with E-state index in [9.17, 15) is 0 Å². The highest BCUT2D eigenvalue weighted by atomic mass is 16.5. The zero-order valence-corrected chi connectivity index (χ0v) is 12.5. The first kappa shape index (κ1) is 14.5. The minimum atomic E-state index is 0.231. The Morgan fingerprint density at radius 2 is 2.21 bits per heavy atom. The molecule has 0 amide bonds. The van der Waals surface area contributed by atoms with E-state index in [1.54, 1.807) is 0 Å². The molecule has 108 valence electrons. The molecule has 1 fully saturated rings. The highest BCUT2D eigenvalue weighted by molar-refractivity contribution is 4.98. The van der Waals surface area contributed by atoms with Crippen LogP contribution < -0.4 is 5.32 Å². The number of aromatic nitrogens is 2. The van der Waals surface area contributed by atoms with E-state index >= 15 is 0 Å². The lowest BCUT2D eigenvalue weighted by Gasteiger charge is -2.48. The lowest BCUT2D eigenvalue weighted by Crippen LogP contribution is -2.64. The molecule has 1 N–H and O–H groups in total. The third kappa shape index (κ3) is 3.15. The Morgan fingerprint density at radius 3 is 2.74 bits per heavy atom. The van der Waals surface area contributed by atoms with E-state index in [1.165, 1.54) is 6.39 Å². The minimum Gasteiger partial charge on any atom is -0.343 e. The van der Waals surface area contributed by atoms with Crippen molar-refractivity contribution in [2.75, 3.05) is 13.1 Å². The summed E-state index contributed by atoms with van der Waals surface area (Å²) in [6.45, 7) is 12.0. The van der Waals surface area contributed by atoms with Crippen molar-refractivity contribution in [1.29, 1.82) is 0 Å². The van der Waals surface area contributed by atoms with Gasteiger partial charge in [-0.25, -0.2) is 0 Å². The largest absolute Gasteiger partial charge is 0.343 e. The van der Waals surface area contributed by atoms with Gasteiger partial charge >= 0.3 is 0 Å². The monoisotopic (exact) mass is 266 g/mol. The molecule has 0 spiro atoms. The maximum absolute atomic E-state index is 4.85. The van der Waals surface area contributed by atoms with E-state index in [1.807, 2.05) is 0 Å². The normalized spacial score (nSPS) is 23.9. The molecule has 0 aromatic carbocycles. The van der Waals surface area contributed by atoms with Crippen LogP contribution in [0.5, 0.6) is 0 Å². The van der Waals surface area contributed by atoms with Gasteiger partial charge in [-0.05, 0) is 18.8 Å². The average molecular weight is 266 g/mol. The summed E-state index contributed by atoms with van der Waals surface area (Å²) in [5, 5.41) is 7.72. The molecular weight excluding hydrogens is 240 g/mol. The van der Waals surface area contributed by atoms with Crippen LogP contribution in [0.25, 0.3) is 0 Å². The quantitative estimate of drug-likeness (QED) is 0.884. The second-order valence-electron chi connectivity index (χ2n) is 5.93. The maximum Gasteiger partial charge on any atom is 0.213 e. The summed E-state index contributed by atoms with van der Waals surface area (Å²) in [6.07, 6.45) is 3.71. The van der Waals surface area contributed by atoms with Crippen LogP contribution in [0.4, 0.5) is 0 Å². The van der Waals surface area contributed by atoms with Crippen LogP contribution in [-0.4, -0.2) is 39.7 Å². The Bertz CT molecular complexity index is 373. The second kappa shape index (κ2) is 6.01. The topological polar surface area (TPSA) is 54.2 Å². The molecule has 0 radical (unpaired) electrons. The molecule has 1 aromatic rings. The van der Waals surface area contributed by atoms with E-state index in [0.29, 0.717) is 12.0 Å². The molecule has 0 bridgehead atoms. The summed E-state index contributed by atoms with van der Waals surface area (Å²) in [6, 6.07) is 0.532. The van der Waals surface area contributed by atoms with Gasteiger partial charge in [-0.1, -0.05) is 32.9 Å². The Morgan fingerprint density at radius 1 is 1.47 bits per heavy atom. The Balaban J connectivity index is 2.12. The molecule has 1 saturated heterocycles. The van der Waals surface area contributed by atoms with Crippen LogP contribution in [0.1, 0.15) is 46.4 Å². The lowest BCUT2D eigenvalue weighted by atomic mass is 9.86. The molecule has 1 aromatic heterocycles. The third-order valence-corrected chi connectivity index (χ3v) is 4.54. The summed E-state index contributed by atoms with van der Waals surface area (Å²) in [7, 11) is 0. The maximum atomic E-state index is 4.85. The van der Waals surface area contributed by atoms with Gasteiger partial charge < -0.3 is 9.84 Å². The van der Waals surface area contributed by atoms with Crippen molar-refractivity contribution >= 4 is 0 Å². The zero-order chi connectivity index (χ0) is 13.9. The Labute approximate surface area is 115 Å². The molecule has 5 heteroatoms. The molecular formula is C14H26N4O. The molecule has 19 heavy (non-hydrogen) atoms. The first-order valence-electron chi connectivity index (χ1n) is 7.34. The van der Waals surface area contributed by atoms with Crippen LogP contribution in [0.3, 0.4) is 0 Å². The zero-order valence-electron chi connectivity index (χ0n) is 12.5. The summed E-state index contributed by atoms with van der Waals surface area (Å²) < 4.78 is 4.85. The van der Waals surface area contributed by atoms with Gasteiger partial charge in [-0.2, -0.15) is 4.98 Å². The van der Waals surface area contributed by atoms with E-state index in [0.717, 1.165) is 38.3 Å². The van der Waals surface area contributed by atoms with Crippen molar-refractivity contribution in [2.45, 2.75) is 58.7 Å². The summed E-state index contributed by atoms with van der Waals surface area (Å²) in [5.41, 5.74) is 0.231.